The fourth-order valence-electron chi connectivity index (χ4n) is 1.79. The van der Waals surface area contributed by atoms with Gasteiger partial charge in [-0.1, -0.05) is 13.3 Å². The van der Waals surface area contributed by atoms with Gasteiger partial charge in [-0.15, -0.1) is 0 Å². The third-order valence-electron chi connectivity index (χ3n) is 2.68. The van der Waals surface area contributed by atoms with Crippen molar-refractivity contribution >= 4 is 11.9 Å². The molecular formula is C11H23N5. The third kappa shape index (κ3) is 4.51. The Labute approximate surface area is 97.6 Å². The van der Waals surface area contributed by atoms with Crippen LogP contribution in [0.15, 0.2) is 4.99 Å². The second kappa shape index (κ2) is 7.09. The lowest BCUT2D eigenvalue weighted by Gasteiger charge is -2.29. The van der Waals surface area contributed by atoms with E-state index in [1.807, 2.05) is 0 Å². The summed E-state index contributed by atoms with van der Waals surface area (Å²) in [5.41, 5.74) is 5.37. The number of rotatable bonds is 3. The van der Waals surface area contributed by atoms with Gasteiger partial charge in [0.2, 0.25) is 5.96 Å². The molecule has 0 saturated carbocycles. The first-order valence-electron chi connectivity index (χ1n) is 6.14. The molecular weight excluding hydrogens is 202 g/mol. The number of aliphatic imine (C=N–C) groups is 1. The second-order valence-electron chi connectivity index (χ2n) is 4.15. The monoisotopic (exact) mass is 225 g/mol. The number of nitrogens with one attached hydrogen (secondary N) is 2. The average molecular weight is 225 g/mol. The number of hydrogen-bond donors (Lipinski definition) is 3. The molecule has 1 saturated heterocycles. The minimum atomic E-state index is -0.0270. The molecule has 0 unspecified atom stereocenters. The zero-order valence-electron chi connectivity index (χ0n) is 10.1. The Morgan fingerprint density at radius 3 is 2.62 bits per heavy atom. The van der Waals surface area contributed by atoms with Crippen LogP contribution in [0, 0.1) is 5.41 Å². The van der Waals surface area contributed by atoms with Crippen molar-refractivity contribution in [2.24, 2.45) is 10.7 Å². The standard InChI is InChI=1S/C11H23N5/c1-2-3-7-14-11(15-10(12)13)16-8-5-4-6-9-16/h2-9H2,1H3,(H4,12,13,14,15). The van der Waals surface area contributed by atoms with Crippen LogP contribution in [-0.4, -0.2) is 36.5 Å². The first kappa shape index (κ1) is 12.8. The summed E-state index contributed by atoms with van der Waals surface area (Å²) in [4.78, 5) is 6.68. The van der Waals surface area contributed by atoms with Gasteiger partial charge < -0.3 is 10.6 Å². The molecule has 4 N–H and O–H groups in total. The van der Waals surface area contributed by atoms with Crippen LogP contribution in [-0.2, 0) is 0 Å². The van der Waals surface area contributed by atoms with E-state index in [-0.39, 0.29) is 5.96 Å². The lowest BCUT2D eigenvalue weighted by molar-refractivity contribution is 0.335. The normalized spacial score (nSPS) is 17.3. The van der Waals surface area contributed by atoms with Crippen molar-refractivity contribution in [2.75, 3.05) is 19.6 Å². The van der Waals surface area contributed by atoms with Gasteiger partial charge in [-0.25, -0.2) is 0 Å². The highest BCUT2D eigenvalue weighted by Crippen LogP contribution is 2.08. The topological polar surface area (TPSA) is 77.5 Å². The Bertz CT molecular complexity index is 243. The lowest BCUT2D eigenvalue weighted by atomic mass is 10.1. The Hall–Kier alpha value is -1.26. The first-order chi connectivity index (χ1) is 7.74. The molecule has 1 rings (SSSR count). The number of hydrogen-bond acceptors (Lipinski definition) is 2. The largest absolute Gasteiger partial charge is 0.370 e. The van der Waals surface area contributed by atoms with Gasteiger partial charge in [0.15, 0.2) is 5.96 Å². The van der Waals surface area contributed by atoms with Gasteiger partial charge in [0.25, 0.3) is 0 Å². The molecule has 0 aliphatic carbocycles. The third-order valence-corrected chi connectivity index (χ3v) is 2.68. The van der Waals surface area contributed by atoms with Gasteiger partial charge in [-0.3, -0.25) is 15.7 Å². The highest BCUT2D eigenvalue weighted by molar-refractivity contribution is 5.96. The Balaban J connectivity index is 2.53. The number of guanidine groups is 2. The van der Waals surface area contributed by atoms with Crippen molar-refractivity contribution in [3.05, 3.63) is 0 Å². The van der Waals surface area contributed by atoms with Gasteiger partial charge in [-0.2, -0.15) is 0 Å². The van der Waals surface area contributed by atoms with E-state index in [9.17, 15) is 0 Å². The molecule has 0 bridgehead atoms. The smallest absolute Gasteiger partial charge is 0.200 e. The van der Waals surface area contributed by atoms with Crippen LogP contribution >= 0.6 is 0 Å². The molecule has 92 valence electrons. The molecule has 0 amide bonds. The summed E-state index contributed by atoms with van der Waals surface area (Å²) in [6.45, 7) is 4.99. The van der Waals surface area contributed by atoms with Crippen molar-refractivity contribution in [2.45, 2.75) is 39.0 Å². The van der Waals surface area contributed by atoms with Crippen molar-refractivity contribution in [3.63, 3.8) is 0 Å². The van der Waals surface area contributed by atoms with Crippen molar-refractivity contribution in [3.8, 4) is 0 Å². The van der Waals surface area contributed by atoms with Crippen LogP contribution in [0.2, 0.25) is 0 Å². The summed E-state index contributed by atoms with van der Waals surface area (Å²) >= 11 is 0. The highest BCUT2D eigenvalue weighted by atomic mass is 15.3. The minimum absolute atomic E-state index is 0.0270. The van der Waals surface area contributed by atoms with Crippen LogP contribution in [0.4, 0.5) is 0 Å². The van der Waals surface area contributed by atoms with Gasteiger partial charge in [0.1, 0.15) is 0 Å². The predicted octanol–water partition coefficient (Wildman–Crippen LogP) is 1.11. The van der Waals surface area contributed by atoms with E-state index in [1.165, 1.54) is 19.3 Å². The molecule has 1 fully saturated rings. The van der Waals surface area contributed by atoms with Crippen LogP contribution < -0.4 is 11.1 Å². The minimum Gasteiger partial charge on any atom is -0.370 e. The molecule has 1 aliphatic rings. The molecule has 0 radical (unpaired) electrons. The Morgan fingerprint density at radius 2 is 2.06 bits per heavy atom. The van der Waals surface area contributed by atoms with E-state index < -0.39 is 0 Å². The van der Waals surface area contributed by atoms with Gasteiger partial charge >= 0.3 is 0 Å². The summed E-state index contributed by atoms with van der Waals surface area (Å²) < 4.78 is 0. The van der Waals surface area contributed by atoms with Gasteiger partial charge in [0.05, 0.1) is 0 Å². The summed E-state index contributed by atoms with van der Waals surface area (Å²) in [6.07, 6.45) is 5.91. The van der Waals surface area contributed by atoms with Crippen molar-refractivity contribution in [1.82, 2.24) is 10.2 Å². The maximum Gasteiger partial charge on any atom is 0.200 e. The molecule has 16 heavy (non-hydrogen) atoms. The van der Waals surface area contributed by atoms with Gasteiger partial charge in [0, 0.05) is 19.6 Å². The molecule has 1 heterocycles. The fourth-order valence-corrected chi connectivity index (χ4v) is 1.79. The van der Waals surface area contributed by atoms with Crippen LogP contribution in [0.1, 0.15) is 39.0 Å². The molecule has 5 heteroatoms. The summed E-state index contributed by atoms with van der Waals surface area (Å²) in [5.74, 6) is 0.751. The SMILES string of the molecule is CCCC/N=C(/NC(=N)N)N1CCCCC1. The number of nitrogens with two attached hydrogens (primary N) is 1. The second-order valence-corrected chi connectivity index (χ2v) is 4.15. The van der Waals surface area contributed by atoms with Crippen LogP contribution in [0.5, 0.6) is 0 Å². The molecule has 0 aromatic heterocycles. The molecule has 0 aromatic carbocycles. The first-order valence-corrected chi connectivity index (χ1v) is 6.14. The van der Waals surface area contributed by atoms with E-state index in [0.29, 0.717) is 0 Å². The maximum absolute atomic E-state index is 7.28. The quantitative estimate of drug-likeness (QED) is 0.382. The van der Waals surface area contributed by atoms with Crippen molar-refractivity contribution in [1.29, 1.82) is 5.41 Å². The molecule has 0 spiro atoms. The zero-order valence-corrected chi connectivity index (χ0v) is 10.1. The van der Waals surface area contributed by atoms with Crippen LogP contribution in [0.3, 0.4) is 0 Å². The summed E-state index contributed by atoms with van der Waals surface area (Å²) in [7, 11) is 0. The lowest BCUT2D eigenvalue weighted by Crippen LogP contribution is -2.48. The summed E-state index contributed by atoms with van der Waals surface area (Å²) in [6, 6.07) is 0. The molecule has 0 aromatic rings. The molecule has 5 nitrogen and oxygen atoms in total. The Kier molecular flexibility index (Phi) is 5.67. The molecule has 0 atom stereocenters. The predicted molar refractivity (Wildman–Crippen MR) is 67.7 cm³/mol. The maximum atomic E-state index is 7.28. The van der Waals surface area contributed by atoms with E-state index in [1.54, 1.807) is 0 Å². The van der Waals surface area contributed by atoms with Crippen LogP contribution in [0.25, 0.3) is 0 Å². The zero-order chi connectivity index (χ0) is 11.8. The van der Waals surface area contributed by atoms with E-state index in [4.69, 9.17) is 11.1 Å². The molecule has 1 aliphatic heterocycles. The number of unbranched alkanes of at least 4 members (excludes halogenated alkanes) is 1. The van der Waals surface area contributed by atoms with Gasteiger partial charge in [-0.05, 0) is 25.7 Å². The Morgan fingerprint density at radius 1 is 1.38 bits per heavy atom. The van der Waals surface area contributed by atoms with E-state index >= 15 is 0 Å². The highest BCUT2D eigenvalue weighted by Gasteiger charge is 2.14. The van der Waals surface area contributed by atoms with Crippen molar-refractivity contribution < 1.29 is 0 Å². The number of piperidine rings is 1. The number of nitrogens with zero attached hydrogens (tertiary/aromatic N) is 2. The number of likely N-dealkylation sites (tertiary alicyclic amines) is 1. The van der Waals surface area contributed by atoms with E-state index in [2.05, 4.69) is 22.1 Å². The average Bonchev–Trinajstić information content (AvgIpc) is 2.29. The summed E-state index contributed by atoms with van der Waals surface area (Å²) in [5, 5.41) is 10.1. The van der Waals surface area contributed by atoms with E-state index in [0.717, 1.165) is 38.4 Å². The fraction of sp³-hybridized carbons (Fsp3) is 0.818.